The fraction of sp³-hybridized carbons (Fsp3) is 0.458. The van der Waals surface area contributed by atoms with Gasteiger partial charge in [-0.05, 0) is 56.2 Å². The van der Waals surface area contributed by atoms with Crippen LogP contribution in [0.15, 0.2) is 36.4 Å². The molecule has 2 aliphatic heterocycles. The van der Waals surface area contributed by atoms with Crippen molar-refractivity contribution in [2.24, 2.45) is 0 Å². The predicted octanol–water partition coefficient (Wildman–Crippen LogP) is 3.20. The first-order valence-corrected chi connectivity index (χ1v) is 11.2. The maximum atomic E-state index is 12.6. The minimum atomic E-state index is -0.298. The molecule has 0 radical (unpaired) electrons. The second kappa shape index (κ2) is 9.56. The van der Waals surface area contributed by atoms with Gasteiger partial charge < -0.3 is 25.2 Å². The fourth-order valence-corrected chi connectivity index (χ4v) is 4.30. The maximum Gasteiger partial charge on any atom is 0.242 e. The number of benzene rings is 1. The van der Waals surface area contributed by atoms with Crippen molar-refractivity contribution in [3.05, 3.63) is 42.0 Å². The summed E-state index contributed by atoms with van der Waals surface area (Å²) in [6.45, 7) is 5.66. The van der Waals surface area contributed by atoms with Crippen LogP contribution in [0, 0.1) is 0 Å². The third-order valence-electron chi connectivity index (χ3n) is 6.24. The Bertz CT molecular complexity index is 972. The maximum absolute atomic E-state index is 12.6. The third-order valence-corrected chi connectivity index (χ3v) is 6.24. The molecule has 4 rings (SSSR count). The van der Waals surface area contributed by atoms with Gasteiger partial charge >= 0.3 is 0 Å². The van der Waals surface area contributed by atoms with Crippen molar-refractivity contribution in [2.45, 2.75) is 51.7 Å². The number of carbonyl (C=O) groups is 2. The van der Waals surface area contributed by atoms with Crippen LogP contribution in [0.25, 0.3) is 0 Å². The van der Waals surface area contributed by atoms with Crippen LogP contribution in [0.5, 0.6) is 0 Å². The molecule has 1 unspecified atom stereocenters. The molecule has 1 aromatic heterocycles. The zero-order valence-electron chi connectivity index (χ0n) is 18.9. The Labute approximate surface area is 188 Å². The number of nitrogens with zero attached hydrogens (tertiary/aromatic N) is 3. The highest BCUT2D eigenvalue weighted by atomic mass is 16.5. The van der Waals surface area contributed by atoms with Gasteiger partial charge in [0.25, 0.3) is 0 Å². The first kappa shape index (κ1) is 22.1. The summed E-state index contributed by atoms with van der Waals surface area (Å²) >= 11 is 0. The van der Waals surface area contributed by atoms with Crippen molar-refractivity contribution < 1.29 is 14.3 Å². The molecule has 0 aliphatic carbocycles. The summed E-state index contributed by atoms with van der Waals surface area (Å²) in [4.78, 5) is 33.3. The summed E-state index contributed by atoms with van der Waals surface area (Å²) in [5, 5.41) is 6.38. The molecule has 2 N–H and O–H groups in total. The summed E-state index contributed by atoms with van der Waals surface area (Å²) in [6.07, 6.45) is 2.22. The van der Waals surface area contributed by atoms with Crippen LogP contribution < -0.4 is 20.4 Å². The number of aromatic nitrogens is 1. The molecule has 1 fully saturated rings. The minimum absolute atomic E-state index is 0.0188. The first-order valence-electron chi connectivity index (χ1n) is 11.2. The largest absolute Gasteiger partial charge is 0.381 e. The Hall–Kier alpha value is -3.13. The van der Waals surface area contributed by atoms with E-state index in [1.165, 1.54) is 0 Å². The van der Waals surface area contributed by atoms with E-state index in [4.69, 9.17) is 9.72 Å². The van der Waals surface area contributed by atoms with Crippen LogP contribution >= 0.6 is 0 Å². The molecule has 1 aromatic carbocycles. The molecule has 8 nitrogen and oxygen atoms in total. The Morgan fingerprint density at radius 2 is 1.94 bits per heavy atom. The molecular weight excluding hydrogens is 406 g/mol. The molecular formula is C24H31N5O3. The van der Waals surface area contributed by atoms with Gasteiger partial charge in [-0.15, -0.1) is 0 Å². The Balaban J connectivity index is 1.59. The molecule has 170 valence electrons. The van der Waals surface area contributed by atoms with E-state index >= 15 is 0 Å². The van der Waals surface area contributed by atoms with E-state index in [0.29, 0.717) is 32.0 Å². The molecule has 0 saturated carbocycles. The van der Waals surface area contributed by atoms with E-state index in [-0.39, 0.29) is 23.9 Å². The second-order valence-corrected chi connectivity index (χ2v) is 8.30. The average Bonchev–Trinajstić information content (AvgIpc) is 2.95. The van der Waals surface area contributed by atoms with Crippen molar-refractivity contribution in [1.29, 1.82) is 0 Å². The molecule has 2 aliphatic rings. The number of nitrogens with one attached hydrogen (secondary N) is 2. The SMILES string of the molecule is CCC(=O)N(C)c1ccc(Nc2ccc3c(n2)N(C2CCOCC2)C(C)C(=O)NC3)cc1. The predicted molar refractivity (Wildman–Crippen MR) is 125 cm³/mol. The molecule has 3 heterocycles. The molecule has 2 amide bonds. The number of carbonyl (C=O) groups excluding carboxylic acids is 2. The molecule has 0 spiro atoms. The van der Waals surface area contributed by atoms with E-state index < -0.39 is 0 Å². The van der Waals surface area contributed by atoms with Gasteiger partial charge in [-0.2, -0.15) is 0 Å². The van der Waals surface area contributed by atoms with Crippen LogP contribution in [0.4, 0.5) is 23.0 Å². The summed E-state index contributed by atoms with van der Waals surface area (Å²) in [5.74, 6) is 1.65. The minimum Gasteiger partial charge on any atom is -0.381 e. The zero-order valence-corrected chi connectivity index (χ0v) is 18.9. The van der Waals surface area contributed by atoms with Gasteiger partial charge in [0.15, 0.2) is 0 Å². The van der Waals surface area contributed by atoms with E-state index in [0.717, 1.165) is 35.6 Å². The second-order valence-electron chi connectivity index (χ2n) is 8.30. The highest BCUT2D eigenvalue weighted by Gasteiger charge is 2.34. The molecule has 1 saturated heterocycles. The van der Waals surface area contributed by atoms with Crippen LogP contribution in [-0.4, -0.2) is 49.1 Å². The summed E-state index contributed by atoms with van der Waals surface area (Å²) in [7, 11) is 1.78. The Morgan fingerprint density at radius 3 is 2.62 bits per heavy atom. The lowest BCUT2D eigenvalue weighted by Crippen LogP contribution is -2.50. The van der Waals surface area contributed by atoms with Gasteiger partial charge in [0.05, 0.1) is 0 Å². The summed E-state index contributed by atoms with van der Waals surface area (Å²) < 4.78 is 5.54. The van der Waals surface area contributed by atoms with Gasteiger partial charge in [0.1, 0.15) is 17.7 Å². The number of amides is 2. The third kappa shape index (κ3) is 4.55. The number of hydrogen-bond acceptors (Lipinski definition) is 6. The summed E-state index contributed by atoms with van der Waals surface area (Å²) in [6, 6.07) is 11.6. The molecule has 0 bridgehead atoms. The van der Waals surface area contributed by atoms with E-state index in [1.807, 2.05) is 50.2 Å². The van der Waals surface area contributed by atoms with Gasteiger partial charge in [0.2, 0.25) is 11.8 Å². The van der Waals surface area contributed by atoms with E-state index in [1.54, 1.807) is 11.9 Å². The van der Waals surface area contributed by atoms with Crippen LogP contribution in [0.1, 0.15) is 38.7 Å². The molecule has 2 aromatic rings. The van der Waals surface area contributed by atoms with Gasteiger partial charge in [0, 0.05) is 56.2 Å². The standard InChI is InChI=1S/C24H31N5O3/c1-4-22(30)28(3)19-8-6-18(7-9-19)26-21-10-5-17-15-25-24(31)16(2)29(23(17)27-21)20-11-13-32-14-12-20/h5-10,16,20H,4,11-15H2,1-3H3,(H,25,31)(H,26,27). The molecule has 1 atom stereocenters. The van der Waals surface area contributed by atoms with Gasteiger partial charge in [-0.25, -0.2) is 4.98 Å². The van der Waals surface area contributed by atoms with Crippen molar-refractivity contribution in [3.8, 4) is 0 Å². The Morgan fingerprint density at radius 1 is 1.22 bits per heavy atom. The zero-order chi connectivity index (χ0) is 22.7. The van der Waals surface area contributed by atoms with Gasteiger partial charge in [-0.3, -0.25) is 9.59 Å². The van der Waals surface area contributed by atoms with Gasteiger partial charge in [-0.1, -0.05) is 6.92 Å². The number of hydrogen-bond donors (Lipinski definition) is 2. The number of fused-ring (bicyclic) bond motifs is 1. The number of rotatable bonds is 5. The topological polar surface area (TPSA) is 86.8 Å². The Kier molecular flexibility index (Phi) is 6.60. The van der Waals surface area contributed by atoms with E-state index in [9.17, 15) is 9.59 Å². The quantitative estimate of drug-likeness (QED) is 0.747. The number of pyridine rings is 1. The smallest absolute Gasteiger partial charge is 0.242 e. The highest BCUT2D eigenvalue weighted by Crippen LogP contribution is 2.31. The fourth-order valence-electron chi connectivity index (χ4n) is 4.30. The van der Waals surface area contributed by atoms with Crippen LogP contribution in [0.2, 0.25) is 0 Å². The van der Waals surface area contributed by atoms with Crippen LogP contribution in [0.3, 0.4) is 0 Å². The van der Waals surface area contributed by atoms with Crippen molar-refractivity contribution in [2.75, 3.05) is 35.4 Å². The molecule has 8 heteroatoms. The highest BCUT2D eigenvalue weighted by molar-refractivity contribution is 5.92. The lowest BCUT2D eigenvalue weighted by atomic mass is 10.0. The monoisotopic (exact) mass is 437 g/mol. The normalized spacial score (nSPS) is 19.0. The first-order chi connectivity index (χ1) is 15.5. The number of ether oxygens (including phenoxy) is 1. The van der Waals surface area contributed by atoms with Crippen molar-refractivity contribution in [3.63, 3.8) is 0 Å². The lowest BCUT2D eigenvalue weighted by Gasteiger charge is -2.38. The van der Waals surface area contributed by atoms with Crippen LogP contribution in [-0.2, 0) is 20.9 Å². The lowest BCUT2D eigenvalue weighted by molar-refractivity contribution is -0.122. The summed E-state index contributed by atoms with van der Waals surface area (Å²) in [5.41, 5.74) is 2.74. The number of anilines is 4. The van der Waals surface area contributed by atoms with Crippen molar-refractivity contribution >= 4 is 34.8 Å². The average molecular weight is 438 g/mol. The van der Waals surface area contributed by atoms with Crippen molar-refractivity contribution in [1.82, 2.24) is 10.3 Å². The molecule has 32 heavy (non-hydrogen) atoms. The van der Waals surface area contributed by atoms with E-state index in [2.05, 4.69) is 15.5 Å².